The van der Waals surface area contributed by atoms with E-state index in [0.717, 1.165) is 31.1 Å². The lowest BCUT2D eigenvalue weighted by Crippen LogP contribution is -2.51. The molecule has 0 aromatic heterocycles. The highest BCUT2D eigenvalue weighted by molar-refractivity contribution is 5.06. The molecule has 4 fully saturated rings. The van der Waals surface area contributed by atoms with Gasteiger partial charge in [-0.2, -0.15) is 0 Å². The second kappa shape index (κ2) is 2.73. The van der Waals surface area contributed by atoms with E-state index in [1.54, 1.807) is 0 Å². The van der Waals surface area contributed by atoms with Crippen LogP contribution in [-0.2, 0) is 4.74 Å². The van der Waals surface area contributed by atoms with E-state index in [1.807, 2.05) is 7.11 Å². The summed E-state index contributed by atoms with van der Waals surface area (Å²) in [6.07, 6.45) is 7.90. The van der Waals surface area contributed by atoms with Crippen LogP contribution in [0.1, 0.15) is 44.9 Å². The SMILES string of the molecule is COC12CC3CCC(O)(CC(C3)C1)C2. The molecule has 0 radical (unpaired) electrons. The third-order valence-corrected chi connectivity index (χ3v) is 4.76. The predicted octanol–water partition coefficient (Wildman–Crippen LogP) is 2.11. The summed E-state index contributed by atoms with van der Waals surface area (Å²) in [4.78, 5) is 0. The van der Waals surface area contributed by atoms with Gasteiger partial charge in [-0.1, -0.05) is 0 Å². The molecule has 0 spiro atoms. The number of rotatable bonds is 1. The Hall–Kier alpha value is -0.0800. The van der Waals surface area contributed by atoms with Crippen molar-refractivity contribution < 1.29 is 9.84 Å². The summed E-state index contributed by atoms with van der Waals surface area (Å²) in [7, 11) is 1.83. The standard InChI is InChI=1S/C12H20O2/c1-14-12-6-9-2-3-11(13,8-12)5-10(4-9)7-12/h9-10,13H,2-8H2,1H3. The molecular weight excluding hydrogens is 176 g/mol. The average Bonchev–Trinajstić information content (AvgIpc) is 2.29. The quantitative estimate of drug-likeness (QED) is 0.696. The maximum atomic E-state index is 10.5. The van der Waals surface area contributed by atoms with Crippen LogP contribution in [-0.4, -0.2) is 23.4 Å². The van der Waals surface area contributed by atoms with Gasteiger partial charge in [0.05, 0.1) is 11.2 Å². The molecule has 80 valence electrons. The third kappa shape index (κ3) is 1.24. The second-order valence-electron chi connectivity index (χ2n) is 5.91. The van der Waals surface area contributed by atoms with Gasteiger partial charge in [-0.05, 0) is 50.4 Å². The Morgan fingerprint density at radius 1 is 1.21 bits per heavy atom. The summed E-state index contributed by atoms with van der Waals surface area (Å²) in [6.45, 7) is 0. The van der Waals surface area contributed by atoms with Crippen molar-refractivity contribution in [3.05, 3.63) is 0 Å². The van der Waals surface area contributed by atoms with Crippen LogP contribution in [0.5, 0.6) is 0 Å². The Kier molecular flexibility index (Phi) is 1.79. The largest absolute Gasteiger partial charge is 0.390 e. The summed E-state index contributed by atoms with van der Waals surface area (Å²) in [5.41, 5.74) is -0.346. The normalized spacial score (nSPS) is 56.1. The minimum atomic E-state index is -0.385. The molecule has 0 aromatic carbocycles. The number of hydrogen-bond donors (Lipinski definition) is 1. The molecule has 4 aliphatic carbocycles. The first-order valence-corrected chi connectivity index (χ1v) is 5.91. The maximum absolute atomic E-state index is 10.5. The molecule has 2 nitrogen and oxygen atoms in total. The van der Waals surface area contributed by atoms with Crippen molar-refractivity contribution in [1.82, 2.24) is 0 Å². The van der Waals surface area contributed by atoms with Gasteiger partial charge in [0.2, 0.25) is 0 Å². The van der Waals surface area contributed by atoms with Crippen molar-refractivity contribution >= 4 is 0 Å². The smallest absolute Gasteiger partial charge is 0.0711 e. The first kappa shape index (κ1) is 9.17. The first-order valence-electron chi connectivity index (χ1n) is 5.91. The van der Waals surface area contributed by atoms with Gasteiger partial charge in [-0.3, -0.25) is 0 Å². The van der Waals surface area contributed by atoms with Crippen LogP contribution in [0.15, 0.2) is 0 Å². The second-order valence-corrected chi connectivity index (χ2v) is 5.91. The summed E-state index contributed by atoms with van der Waals surface area (Å²) < 4.78 is 5.74. The van der Waals surface area contributed by atoms with Crippen LogP contribution in [0.4, 0.5) is 0 Å². The van der Waals surface area contributed by atoms with Crippen LogP contribution in [0.2, 0.25) is 0 Å². The molecule has 0 amide bonds. The van der Waals surface area contributed by atoms with Crippen molar-refractivity contribution in [1.29, 1.82) is 0 Å². The van der Waals surface area contributed by atoms with E-state index in [9.17, 15) is 5.11 Å². The first-order chi connectivity index (χ1) is 6.63. The molecule has 0 aromatic rings. The van der Waals surface area contributed by atoms with Gasteiger partial charge in [0.25, 0.3) is 0 Å². The Morgan fingerprint density at radius 3 is 2.79 bits per heavy atom. The van der Waals surface area contributed by atoms with Crippen molar-refractivity contribution in [3.63, 3.8) is 0 Å². The lowest BCUT2D eigenvalue weighted by molar-refractivity contribution is -0.149. The maximum Gasteiger partial charge on any atom is 0.0711 e. The summed E-state index contributed by atoms with van der Waals surface area (Å²) in [5.74, 6) is 1.56. The fraction of sp³-hybridized carbons (Fsp3) is 1.00. The monoisotopic (exact) mass is 196 g/mol. The lowest BCUT2D eigenvalue weighted by atomic mass is 9.63. The highest BCUT2D eigenvalue weighted by atomic mass is 16.5. The molecule has 4 bridgehead atoms. The molecule has 4 aliphatic rings. The third-order valence-electron chi connectivity index (χ3n) is 4.76. The molecule has 4 rings (SSSR count). The molecule has 4 atom stereocenters. The molecular formula is C12H20O2. The van der Waals surface area contributed by atoms with E-state index in [2.05, 4.69) is 0 Å². The van der Waals surface area contributed by atoms with Gasteiger partial charge in [0.1, 0.15) is 0 Å². The van der Waals surface area contributed by atoms with Crippen LogP contribution in [0, 0.1) is 11.8 Å². The number of fused-ring (bicyclic) bond motifs is 1. The molecule has 14 heavy (non-hydrogen) atoms. The van der Waals surface area contributed by atoms with Gasteiger partial charge < -0.3 is 9.84 Å². The molecule has 2 heteroatoms. The molecule has 4 unspecified atom stereocenters. The Morgan fingerprint density at radius 2 is 2.00 bits per heavy atom. The summed E-state index contributed by atoms with van der Waals surface area (Å²) in [6, 6.07) is 0. The van der Waals surface area contributed by atoms with Crippen molar-refractivity contribution in [2.24, 2.45) is 11.8 Å². The Labute approximate surface area is 85.6 Å². The minimum absolute atomic E-state index is 0.0388. The van der Waals surface area contributed by atoms with Gasteiger partial charge in [0, 0.05) is 13.5 Å². The fourth-order valence-electron chi connectivity index (χ4n) is 4.40. The molecule has 1 N–H and O–H groups in total. The number of hydrogen-bond acceptors (Lipinski definition) is 2. The van der Waals surface area contributed by atoms with Crippen LogP contribution < -0.4 is 0 Å². The minimum Gasteiger partial charge on any atom is -0.390 e. The van der Waals surface area contributed by atoms with E-state index >= 15 is 0 Å². The lowest BCUT2D eigenvalue weighted by Gasteiger charge is -2.50. The van der Waals surface area contributed by atoms with Crippen molar-refractivity contribution in [2.45, 2.75) is 56.1 Å². The highest BCUT2D eigenvalue weighted by Crippen LogP contribution is 2.56. The fourth-order valence-corrected chi connectivity index (χ4v) is 4.40. The van der Waals surface area contributed by atoms with Gasteiger partial charge in [-0.15, -0.1) is 0 Å². The van der Waals surface area contributed by atoms with Crippen LogP contribution in [0.3, 0.4) is 0 Å². The summed E-state index contributed by atoms with van der Waals surface area (Å²) in [5, 5.41) is 10.5. The van der Waals surface area contributed by atoms with Crippen LogP contribution in [0.25, 0.3) is 0 Å². The molecule has 0 aliphatic heterocycles. The van der Waals surface area contributed by atoms with Crippen LogP contribution >= 0.6 is 0 Å². The van der Waals surface area contributed by atoms with Crippen molar-refractivity contribution in [3.8, 4) is 0 Å². The van der Waals surface area contributed by atoms with Gasteiger partial charge in [0.15, 0.2) is 0 Å². The van der Waals surface area contributed by atoms with Crippen molar-refractivity contribution in [2.75, 3.05) is 7.11 Å². The number of methoxy groups -OCH3 is 1. The number of ether oxygens (including phenoxy) is 1. The van der Waals surface area contributed by atoms with Gasteiger partial charge >= 0.3 is 0 Å². The summed E-state index contributed by atoms with van der Waals surface area (Å²) >= 11 is 0. The molecule has 4 saturated carbocycles. The zero-order valence-corrected chi connectivity index (χ0v) is 8.96. The Bertz CT molecular complexity index is 253. The van der Waals surface area contributed by atoms with E-state index in [4.69, 9.17) is 4.74 Å². The molecule has 0 heterocycles. The predicted molar refractivity (Wildman–Crippen MR) is 54.0 cm³/mol. The Balaban J connectivity index is 1.98. The zero-order chi connectivity index (χ0) is 9.81. The average molecular weight is 196 g/mol. The van der Waals surface area contributed by atoms with Gasteiger partial charge in [-0.25, -0.2) is 0 Å². The zero-order valence-electron chi connectivity index (χ0n) is 8.96. The van der Waals surface area contributed by atoms with E-state index in [0.29, 0.717) is 0 Å². The van der Waals surface area contributed by atoms with E-state index < -0.39 is 0 Å². The molecule has 0 saturated heterocycles. The topological polar surface area (TPSA) is 29.5 Å². The van der Waals surface area contributed by atoms with E-state index in [1.165, 1.54) is 25.7 Å². The highest BCUT2D eigenvalue weighted by Gasteiger charge is 2.54. The number of aliphatic hydroxyl groups is 1. The van der Waals surface area contributed by atoms with E-state index in [-0.39, 0.29) is 11.2 Å².